The molecule has 0 bridgehead atoms. The molecule has 0 amide bonds. The van der Waals surface area contributed by atoms with Crippen LogP contribution in [0.4, 0.5) is 0 Å². The summed E-state index contributed by atoms with van der Waals surface area (Å²) in [7, 11) is 2.09. The highest BCUT2D eigenvalue weighted by Gasteiger charge is 1.98. The fourth-order valence-corrected chi connectivity index (χ4v) is 1.43. The van der Waals surface area contributed by atoms with Gasteiger partial charge in [-0.1, -0.05) is 18.2 Å². The number of nitrogens with zero attached hydrogens (tertiary/aromatic N) is 1. The lowest BCUT2D eigenvalue weighted by atomic mass is 10.2. The van der Waals surface area contributed by atoms with Crippen molar-refractivity contribution >= 4 is 23.3 Å². The third kappa shape index (κ3) is 1.21. The third-order valence-corrected chi connectivity index (χ3v) is 2.19. The summed E-state index contributed by atoms with van der Waals surface area (Å²) >= 11 is 0. The average molecular weight is 182 g/mol. The summed E-state index contributed by atoms with van der Waals surface area (Å²) in [4.78, 5) is 0. The van der Waals surface area contributed by atoms with Gasteiger partial charge < -0.3 is 4.57 Å². The minimum Gasteiger partial charge on any atom is -0.348 e. The number of benzene rings is 1. The van der Waals surface area contributed by atoms with E-state index in [2.05, 4.69) is 48.9 Å². The molecule has 0 radical (unpaired) electrons. The second-order valence-electron chi connectivity index (χ2n) is 2.90. The van der Waals surface area contributed by atoms with Gasteiger partial charge in [-0.15, -0.1) is 12.4 Å². The van der Waals surface area contributed by atoms with E-state index in [-0.39, 0.29) is 12.4 Å². The number of rotatable bonds is 0. The van der Waals surface area contributed by atoms with Crippen LogP contribution in [0.5, 0.6) is 0 Å². The molecule has 2 aromatic rings. The fourth-order valence-electron chi connectivity index (χ4n) is 1.43. The maximum atomic E-state index is 2.20. The number of halogens is 1. The Bertz CT molecular complexity index is 390. The first kappa shape index (κ1) is 9.14. The van der Waals surface area contributed by atoms with Gasteiger partial charge in [0.2, 0.25) is 0 Å². The van der Waals surface area contributed by atoms with Gasteiger partial charge in [0.15, 0.2) is 0 Å². The predicted octanol–water partition coefficient (Wildman–Crippen LogP) is 2.91. The van der Waals surface area contributed by atoms with Crippen molar-refractivity contribution in [3.05, 3.63) is 36.0 Å². The molecular formula is C10H12ClN. The summed E-state index contributed by atoms with van der Waals surface area (Å²) in [6.45, 7) is 2.12. The van der Waals surface area contributed by atoms with E-state index in [4.69, 9.17) is 0 Å². The SMILES string of the molecule is Cc1cc2ccccc2n1C.Cl. The Kier molecular flexibility index (Phi) is 2.43. The van der Waals surface area contributed by atoms with Gasteiger partial charge in [0.05, 0.1) is 0 Å². The van der Waals surface area contributed by atoms with Gasteiger partial charge in [-0.05, 0) is 24.4 Å². The quantitative estimate of drug-likeness (QED) is 0.589. The van der Waals surface area contributed by atoms with Crippen LogP contribution in [0.3, 0.4) is 0 Å². The number of hydrogen-bond acceptors (Lipinski definition) is 0. The van der Waals surface area contributed by atoms with E-state index in [0.717, 1.165) is 0 Å². The number of aromatic nitrogens is 1. The highest BCUT2D eigenvalue weighted by atomic mass is 35.5. The van der Waals surface area contributed by atoms with E-state index in [1.807, 2.05) is 0 Å². The Labute approximate surface area is 78.4 Å². The molecule has 0 saturated heterocycles. The normalized spacial score (nSPS) is 9.83. The second kappa shape index (κ2) is 3.20. The maximum absolute atomic E-state index is 2.20. The smallest absolute Gasteiger partial charge is 0.0479 e. The Hall–Kier alpha value is -0.950. The van der Waals surface area contributed by atoms with Crippen LogP contribution in [0, 0.1) is 6.92 Å². The summed E-state index contributed by atoms with van der Waals surface area (Å²) in [6, 6.07) is 10.6. The van der Waals surface area contributed by atoms with Crippen LogP contribution in [0.15, 0.2) is 30.3 Å². The number of fused-ring (bicyclic) bond motifs is 1. The Balaban J connectivity index is 0.000000720. The summed E-state index contributed by atoms with van der Waals surface area (Å²) < 4.78 is 2.20. The van der Waals surface area contributed by atoms with Crippen molar-refractivity contribution in [3.8, 4) is 0 Å². The third-order valence-electron chi connectivity index (χ3n) is 2.19. The molecule has 0 aliphatic rings. The maximum Gasteiger partial charge on any atom is 0.0479 e. The Morgan fingerprint density at radius 1 is 1.17 bits per heavy atom. The van der Waals surface area contributed by atoms with Crippen molar-refractivity contribution in [2.75, 3.05) is 0 Å². The molecule has 64 valence electrons. The van der Waals surface area contributed by atoms with Crippen LogP contribution in [0.25, 0.3) is 10.9 Å². The molecule has 0 aliphatic heterocycles. The molecule has 0 atom stereocenters. The first-order valence-corrected chi connectivity index (χ1v) is 3.80. The van der Waals surface area contributed by atoms with Crippen molar-refractivity contribution in [1.82, 2.24) is 4.57 Å². The summed E-state index contributed by atoms with van der Waals surface area (Å²) in [5.74, 6) is 0. The zero-order valence-electron chi connectivity index (χ0n) is 7.24. The van der Waals surface area contributed by atoms with E-state index >= 15 is 0 Å². The van der Waals surface area contributed by atoms with Gasteiger partial charge in [0, 0.05) is 18.3 Å². The van der Waals surface area contributed by atoms with E-state index in [9.17, 15) is 0 Å². The van der Waals surface area contributed by atoms with Gasteiger partial charge in [0.25, 0.3) is 0 Å². The topological polar surface area (TPSA) is 4.93 Å². The first-order chi connectivity index (χ1) is 5.29. The van der Waals surface area contributed by atoms with Crippen molar-refractivity contribution in [3.63, 3.8) is 0 Å². The van der Waals surface area contributed by atoms with Crippen LogP contribution in [-0.2, 0) is 7.05 Å². The zero-order chi connectivity index (χ0) is 7.84. The minimum atomic E-state index is 0. The van der Waals surface area contributed by atoms with Crippen LogP contribution in [-0.4, -0.2) is 4.57 Å². The van der Waals surface area contributed by atoms with Crippen LogP contribution in [0.2, 0.25) is 0 Å². The standard InChI is InChI=1S/C10H11N.ClH/c1-8-7-9-5-3-4-6-10(9)11(8)2;/h3-7H,1-2H3;1H. The molecule has 0 aliphatic carbocycles. The van der Waals surface area contributed by atoms with E-state index in [1.54, 1.807) is 0 Å². The molecule has 1 heterocycles. The van der Waals surface area contributed by atoms with Crippen molar-refractivity contribution in [2.45, 2.75) is 6.92 Å². The minimum absolute atomic E-state index is 0. The number of aryl methyl sites for hydroxylation is 2. The molecule has 0 fully saturated rings. The molecule has 0 saturated carbocycles. The van der Waals surface area contributed by atoms with Gasteiger partial charge >= 0.3 is 0 Å². The average Bonchev–Trinajstić information content (AvgIpc) is 2.30. The summed E-state index contributed by atoms with van der Waals surface area (Å²) in [6.07, 6.45) is 0. The van der Waals surface area contributed by atoms with Crippen LogP contribution in [0.1, 0.15) is 5.69 Å². The largest absolute Gasteiger partial charge is 0.348 e. The molecule has 0 spiro atoms. The van der Waals surface area contributed by atoms with Crippen LogP contribution < -0.4 is 0 Å². The van der Waals surface area contributed by atoms with Crippen molar-refractivity contribution < 1.29 is 0 Å². The summed E-state index contributed by atoms with van der Waals surface area (Å²) in [5, 5.41) is 1.33. The van der Waals surface area contributed by atoms with E-state index < -0.39 is 0 Å². The first-order valence-electron chi connectivity index (χ1n) is 3.80. The molecular weight excluding hydrogens is 170 g/mol. The van der Waals surface area contributed by atoms with Gasteiger partial charge in [-0.25, -0.2) is 0 Å². The molecule has 0 unspecified atom stereocenters. The monoisotopic (exact) mass is 181 g/mol. The van der Waals surface area contributed by atoms with Gasteiger partial charge in [-0.2, -0.15) is 0 Å². The van der Waals surface area contributed by atoms with Gasteiger partial charge in [-0.3, -0.25) is 0 Å². The molecule has 1 aromatic carbocycles. The molecule has 0 N–H and O–H groups in total. The van der Waals surface area contributed by atoms with Crippen LogP contribution >= 0.6 is 12.4 Å². The number of hydrogen-bond donors (Lipinski definition) is 0. The molecule has 12 heavy (non-hydrogen) atoms. The predicted molar refractivity (Wildman–Crippen MR) is 54.9 cm³/mol. The fraction of sp³-hybridized carbons (Fsp3) is 0.200. The highest BCUT2D eigenvalue weighted by Crippen LogP contribution is 2.16. The second-order valence-corrected chi connectivity index (χ2v) is 2.90. The lowest BCUT2D eigenvalue weighted by Crippen LogP contribution is -1.88. The Morgan fingerprint density at radius 3 is 2.50 bits per heavy atom. The van der Waals surface area contributed by atoms with Crippen molar-refractivity contribution in [2.24, 2.45) is 7.05 Å². The lowest BCUT2D eigenvalue weighted by Gasteiger charge is -1.96. The van der Waals surface area contributed by atoms with Crippen molar-refractivity contribution in [1.29, 1.82) is 0 Å². The zero-order valence-corrected chi connectivity index (χ0v) is 8.06. The summed E-state index contributed by atoms with van der Waals surface area (Å²) in [5.41, 5.74) is 2.62. The number of para-hydroxylation sites is 1. The van der Waals surface area contributed by atoms with E-state index in [1.165, 1.54) is 16.6 Å². The molecule has 1 aromatic heterocycles. The van der Waals surface area contributed by atoms with E-state index in [0.29, 0.717) is 0 Å². The van der Waals surface area contributed by atoms with Gasteiger partial charge in [0.1, 0.15) is 0 Å². The Morgan fingerprint density at radius 2 is 1.83 bits per heavy atom. The molecule has 2 rings (SSSR count). The molecule has 1 nitrogen and oxygen atoms in total. The lowest BCUT2D eigenvalue weighted by molar-refractivity contribution is 0.918. The molecule has 2 heteroatoms. The highest BCUT2D eigenvalue weighted by molar-refractivity contribution is 5.85.